The number of benzene rings is 1. The van der Waals surface area contributed by atoms with Crippen molar-refractivity contribution < 1.29 is 19.1 Å². The fourth-order valence-corrected chi connectivity index (χ4v) is 4.18. The molecule has 2 aromatic rings. The molecule has 6 nitrogen and oxygen atoms in total. The molecule has 0 radical (unpaired) electrons. The first kappa shape index (κ1) is 19.8. The Kier molecular flexibility index (Phi) is 6.16. The van der Waals surface area contributed by atoms with Gasteiger partial charge in [0.25, 0.3) is 0 Å². The summed E-state index contributed by atoms with van der Waals surface area (Å²) in [5, 5.41) is 2.66. The third kappa shape index (κ3) is 4.50. The number of hydrogen-bond acceptors (Lipinski definition) is 6. The minimum Gasteiger partial charge on any atom is -0.496 e. The van der Waals surface area contributed by atoms with Crippen molar-refractivity contribution in [3.8, 4) is 16.3 Å². The van der Waals surface area contributed by atoms with Crippen LogP contribution in [0.5, 0.6) is 5.75 Å². The first-order chi connectivity index (χ1) is 12.9. The number of ether oxygens (including phenoxy) is 2. The molecule has 1 amide bonds. The van der Waals surface area contributed by atoms with E-state index in [4.69, 9.17) is 9.47 Å². The van der Waals surface area contributed by atoms with Gasteiger partial charge in [0.05, 0.1) is 24.3 Å². The summed E-state index contributed by atoms with van der Waals surface area (Å²) in [7, 11) is 1.62. The van der Waals surface area contributed by atoms with Crippen molar-refractivity contribution in [2.24, 2.45) is 5.92 Å². The molecule has 1 aliphatic heterocycles. The molecule has 1 atom stereocenters. The first-order valence-electron chi connectivity index (χ1n) is 8.63. The normalized spacial score (nSPS) is 16.9. The van der Waals surface area contributed by atoms with Gasteiger partial charge in [0.15, 0.2) is 0 Å². The Morgan fingerprint density at radius 1 is 1.44 bits per heavy atom. The number of carbonyl (C=O) groups excluding carboxylic acids is 2. The highest BCUT2D eigenvalue weighted by Crippen LogP contribution is 2.34. The van der Waals surface area contributed by atoms with Gasteiger partial charge in [-0.1, -0.05) is 15.9 Å². The molecule has 1 aromatic heterocycles. The lowest BCUT2D eigenvalue weighted by molar-refractivity contribution is -0.149. The van der Waals surface area contributed by atoms with E-state index >= 15 is 0 Å². The topological polar surface area (TPSA) is 68.7 Å². The summed E-state index contributed by atoms with van der Waals surface area (Å²) < 4.78 is 11.7. The molecule has 1 saturated heterocycles. The van der Waals surface area contributed by atoms with E-state index in [-0.39, 0.29) is 30.9 Å². The summed E-state index contributed by atoms with van der Waals surface area (Å²) in [5.74, 6) is -0.0109. The molecular weight excluding hydrogens is 432 g/mol. The number of carbonyl (C=O) groups is 2. The second-order valence-electron chi connectivity index (χ2n) is 6.64. The van der Waals surface area contributed by atoms with E-state index in [0.717, 1.165) is 20.8 Å². The molecule has 3 rings (SSSR count). The van der Waals surface area contributed by atoms with Gasteiger partial charge in [-0.25, -0.2) is 4.98 Å². The molecule has 0 bridgehead atoms. The SMILES string of the molecule is COc1ccc(Br)cc1-c1nc(COC(=O)C2CC(=O)N(C(C)C)C2)cs1. The van der Waals surface area contributed by atoms with Crippen molar-refractivity contribution in [2.45, 2.75) is 32.9 Å². The highest BCUT2D eigenvalue weighted by atomic mass is 79.9. The van der Waals surface area contributed by atoms with E-state index < -0.39 is 5.92 Å². The minimum atomic E-state index is -0.400. The number of halogens is 1. The van der Waals surface area contributed by atoms with Gasteiger partial charge in [0, 0.05) is 28.9 Å². The monoisotopic (exact) mass is 452 g/mol. The summed E-state index contributed by atoms with van der Waals surface area (Å²) >= 11 is 4.92. The maximum absolute atomic E-state index is 12.3. The molecule has 1 aromatic carbocycles. The molecule has 27 heavy (non-hydrogen) atoms. The molecule has 1 aliphatic rings. The smallest absolute Gasteiger partial charge is 0.311 e. The van der Waals surface area contributed by atoms with Crippen LogP contribution >= 0.6 is 27.3 Å². The number of amides is 1. The molecule has 144 valence electrons. The van der Waals surface area contributed by atoms with Crippen LogP contribution in [0.15, 0.2) is 28.1 Å². The number of nitrogens with zero attached hydrogens (tertiary/aromatic N) is 2. The van der Waals surface area contributed by atoms with Crippen LogP contribution in [0.3, 0.4) is 0 Å². The fraction of sp³-hybridized carbons (Fsp3) is 0.421. The van der Waals surface area contributed by atoms with Gasteiger partial charge >= 0.3 is 5.97 Å². The van der Waals surface area contributed by atoms with Crippen LogP contribution in [-0.2, 0) is 20.9 Å². The lowest BCUT2D eigenvalue weighted by atomic mass is 10.1. The van der Waals surface area contributed by atoms with Gasteiger partial charge in [0.2, 0.25) is 5.91 Å². The van der Waals surface area contributed by atoms with Crippen molar-refractivity contribution in [3.63, 3.8) is 0 Å². The Balaban J connectivity index is 1.63. The lowest BCUT2D eigenvalue weighted by Gasteiger charge is -2.20. The summed E-state index contributed by atoms with van der Waals surface area (Å²) in [6.45, 7) is 4.40. The van der Waals surface area contributed by atoms with E-state index in [9.17, 15) is 9.59 Å². The van der Waals surface area contributed by atoms with E-state index in [1.165, 1.54) is 11.3 Å². The molecule has 0 aliphatic carbocycles. The van der Waals surface area contributed by atoms with Crippen LogP contribution in [0.25, 0.3) is 10.6 Å². The molecule has 0 saturated carbocycles. The zero-order valence-electron chi connectivity index (χ0n) is 15.4. The second-order valence-corrected chi connectivity index (χ2v) is 8.41. The first-order valence-corrected chi connectivity index (χ1v) is 10.3. The molecule has 0 N–H and O–H groups in total. The van der Waals surface area contributed by atoms with Gasteiger partial charge in [-0.2, -0.15) is 0 Å². The van der Waals surface area contributed by atoms with Crippen LogP contribution in [0.1, 0.15) is 26.0 Å². The highest BCUT2D eigenvalue weighted by Gasteiger charge is 2.36. The Bertz CT molecular complexity index is 852. The largest absolute Gasteiger partial charge is 0.496 e. The number of rotatable bonds is 6. The number of thiazole rings is 1. The molecular formula is C19H21BrN2O4S. The van der Waals surface area contributed by atoms with Crippen molar-refractivity contribution in [3.05, 3.63) is 33.7 Å². The van der Waals surface area contributed by atoms with Gasteiger partial charge in [0.1, 0.15) is 17.4 Å². The van der Waals surface area contributed by atoms with Gasteiger partial charge in [-0.15, -0.1) is 11.3 Å². The van der Waals surface area contributed by atoms with E-state index in [1.807, 2.05) is 37.4 Å². The molecule has 1 fully saturated rings. The highest BCUT2D eigenvalue weighted by molar-refractivity contribution is 9.10. The van der Waals surface area contributed by atoms with Gasteiger partial charge in [-0.05, 0) is 32.0 Å². The summed E-state index contributed by atoms with van der Waals surface area (Å²) in [5.41, 5.74) is 1.55. The summed E-state index contributed by atoms with van der Waals surface area (Å²) in [6, 6.07) is 5.81. The van der Waals surface area contributed by atoms with Crippen LogP contribution in [0, 0.1) is 5.92 Å². The zero-order valence-corrected chi connectivity index (χ0v) is 17.8. The Hall–Kier alpha value is -1.93. The standard InChI is InChI=1S/C19H21BrN2O4S/c1-11(2)22-8-12(6-17(22)23)19(24)26-9-14-10-27-18(21-14)15-7-13(20)4-5-16(15)25-3/h4-5,7,10-12H,6,8-9H2,1-3H3. The van der Waals surface area contributed by atoms with Gasteiger partial charge < -0.3 is 14.4 Å². The zero-order chi connectivity index (χ0) is 19.6. The predicted octanol–water partition coefficient (Wildman–Crippen LogP) is 3.88. The quantitative estimate of drug-likeness (QED) is 0.621. The maximum Gasteiger partial charge on any atom is 0.311 e. The van der Waals surface area contributed by atoms with Crippen LogP contribution in [-0.4, -0.2) is 41.5 Å². The van der Waals surface area contributed by atoms with Crippen LogP contribution in [0.2, 0.25) is 0 Å². The van der Waals surface area contributed by atoms with Crippen molar-refractivity contribution in [1.82, 2.24) is 9.88 Å². The Labute approximate surface area is 170 Å². The van der Waals surface area contributed by atoms with Crippen molar-refractivity contribution in [1.29, 1.82) is 0 Å². The second kappa shape index (κ2) is 8.39. The number of aromatic nitrogens is 1. The van der Waals surface area contributed by atoms with Crippen LogP contribution in [0.4, 0.5) is 0 Å². The third-order valence-electron chi connectivity index (χ3n) is 4.42. The van der Waals surface area contributed by atoms with Crippen molar-refractivity contribution >= 4 is 39.1 Å². The Morgan fingerprint density at radius 3 is 2.89 bits per heavy atom. The molecule has 8 heteroatoms. The van der Waals surface area contributed by atoms with Crippen LogP contribution < -0.4 is 4.74 Å². The molecule has 2 heterocycles. The van der Waals surface area contributed by atoms with E-state index in [2.05, 4.69) is 20.9 Å². The lowest BCUT2D eigenvalue weighted by Crippen LogP contribution is -2.33. The van der Waals surface area contributed by atoms with Gasteiger partial charge in [-0.3, -0.25) is 9.59 Å². The van der Waals surface area contributed by atoms with E-state index in [1.54, 1.807) is 12.0 Å². The number of esters is 1. The predicted molar refractivity (Wildman–Crippen MR) is 107 cm³/mol. The average Bonchev–Trinajstić information content (AvgIpc) is 3.26. The van der Waals surface area contributed by atoms with E-state index in [0.29, 0.717) is 12.2 Å². The van der Waals surface area contributed by atoms with Crippen molar-refractivity contribution in [2.75, 3.05) is 13.7 Å². The number of hydrogen-bond donors (Lipinski definition) is 0. The number of methoxy groups -OCH3 is 1. The summed E-state index contributed by atoms with van der Waals surface area (Å²) in [4.78, 5) is 30.5. The molecule has 1 unspecified atom stereocenters. The number of likely N-dealkylation sites (tertiary alicyclic amines) is 1. The fourth-order valence-electron chi connectivity index (χ4n) is 3.00. The molecule has 0 spiro atoms. The third-order valence-corrected chi connectivity index (χ3v) is 5.84. The Morgan fingerprint density at radius 2 is 2.22 bits per heavy atom. The average molecular weight is 453 g/mol. The summed E-state index contributed by atoms with van der Waals surface area (Å²) in [6.07, 6.45) is 0.217. The maximum atomic E-state index is 12.3. The minimum absolute atomic E-state index is 0.00430.